The highest BCUT2D eigenvalue weighted by molar-refractivity contribution is 5.68. The molecule has 3 heterocycles. The number of ether oxygens (including phenoxy) is 2. The van der Waals surface area contributed by atoms with E-state index in [1.54, 1.807) is 24.4 Å². The number of hydrogen-bond donors (Lipinski definition) is 1. The maximum atomic E-state index is 14.1. The lowest BCUT2D eigenvalue weighted by atomic mass is 9.95. The SMILES string of the molecule is O=C(O)CC1COc2cc(O[C@@H]3CCc4c3ccc(C(F)(F)F)c4CN3CCc4ncncc4C3)ccc21. The van der Waals surface area contributed by atoms with Gasteiger partial charge in [-0.15, -0.1) is 0 Å². The molecule has 1 unspecified atom stereocenters. The van der Waals surface area contributed by atoms with Crippen molar-refractivity contribution < 1.29 is 32.5 Å². The molecule has 10 heteroatoms. The molecule has 1 aromatic heterocycles. The number of benzene rings is 2. The molecule has 0 amide bonds. The lowest BCUT2D eigenvalue weighted by molar-refractivity contribution is -0.139. The number of carboxylic acid groups (broad SMARTS) is 1. The molecule has 2 atom stereocenters. The van der Waals surface area contributed by atoms with Crippen molar-refractivity contribution in [3.8, 4) is 11.5 Å². The van der Waals surface area contributed by atoms with Crippen molar-refractivity contribution in [2.45, 2.75) is 57.0 Å². The summed E-state index contributed by atoms with van der Waals surface area (Å²) in [6.45, 7) is 1.63. The van der Waals surface area contributed by atoms with Crippen LogP contribution in [0.3, 0.4) is 0 Å². The highest BCUT2D eigenvalue weighted by Gasteiger charge is 2.38. The van der Waals surface area contributed by atoms with E-state index in [-0.39, 0.29) is 25.0 Å². The summed E-state index contributed by atoms with van der Waals surface area (Å²) in [5.41, 5.74) is 3.93. The highest BCUT2D eigenvalue weighted by Crippen LogP contribution is 2.44. The van der Waals surface area contributed by atoms with Gasteiger partial charge in [-0.1, -0.05) is 12.1 Å². The summed E-state index contributed by atoms with van der Waals surface area (Å²) in [6, 6.07) is 8.06. The van der Waals surface area contributed by atoms with E-state index in [2.05, 4.69) is 9.97 Å². The average Bonchev–Trinajstić information content (AvgIpc) is 3.47. The number of carbonyl (C=O) groups is 1. The van der Waals surface area contributed by atoms with Crippen LogP contribution in [0.15, 0.2) is 42.9 Å². The fourth-order valence-corrected chi connectivity index (χ4v) is 5.87. The molecule has 7 nitrogen and oxygen atoms in total. The number of rotatable bonds is 6. The lowest BCUT2D eigenvalue weighted by Gasteiger charge is -2.29. The van der Waals surface area contributed by atoms with Gasteiger partial charge < -0.3 is 14.6 Å². The molecule has 2 aliphatic heterocycles. The first-order valence-electron chi connectivity index (χ1n) is 12.6. The third-order valence-corrected chi connectivity index (χ3v) is 7.66. The summed E-state index contributed by atoms with van der Waals surface area (Å²) in [4.78, 5) is 21.5. The molecule has 3 aliphatic rings. The molecule has 38 heavy (non-hydrogen) atoms. The quantitative estimate of drug-likeness (QED) is 0.481. The van der Waals surface area contributed by atoms with Gasteiger partial charge in [-0.3, -0.25) is 9.69 Å². The number of nitrogens with zero attached hydrogens (tertiary/aromatic N) is 3. The van der Waals surface area contributed by atoms with Gasteiger partial charge in [-0.2, -0.15) is 13.2 Å². The van der Waals surface area contributed by atoms with Crippen LogP contribution in [0.5, 0.6) is 11.5 Å². The minimum atomic E-state index is -4.45. The van der Waals surface area contributed by atoms with Crippen LogP contribution in [0.4, 0.5) is 13.2 Å². The van der Waals surface area contributed by atoms with Crippen LogP contribution in [0.2, 0.25) is 0 Å². The van der Waals surface area contributed by atoms with Crippen LogP contribution in [0.25, 0.3) is 0 Å². The van der Waals surface area contributed by atoms with E-state index in [1.165, 1.54) is 12.4 Å². The van der Waals surface area contributed by atoms with Crippen molar-refractivity contribution in [3.05, 3.63) is 81.9 Å². The fraction of sp³-hybridized carbons (Fsp3) is 0.393. The third-order valence-electron chi connectivity index (χ3n) is 7.66. The Bertz CT molecular complexity index is 1390. The first-order chi connectivity index (χ1) is 18.3. The predicted octanol–water partition coefficient (Wildman–Crippen LogP) is 5.07. The summed E-state index contributed by atoms with van der Waals surface area (Å²) in [5.74, 6) is 0.0481. The Morgan fingerprint density at radius 3 is 2.84 bits per heavy atom. The average molecular weight is 526 g/mol. The van der Waals surface area contributed by atoms with E-state index in [1.807, 2.05) is 11.0 Å². The van der Waals surface area contributed by atoms with Gasteiger partial charge in [0.05, 0.1) is 18.6 Å². The van der Waals surface area contributed by atoms with E-state index in [0.29, 0.717) is 61.6 Å². The van der Waals surface area contributed by atoms with Gasteiger partial charge in [0.1, 0.15) is 23.9 Å². The smallest absolute Gasteiger partial charge is 0.416 e. The zero-order chi connectivity index (χ0) is 26.4. The van der Waals surface area contributed by atoms with Gasteiger partial charge in [-0.05, 0) is 41.7 Å². The molecule has 0 fully saturated rings. The van der Waals surface area contributed by atoms with Crippen molar-refractivity contribution in [3.63, 3.8) is 0 Å². The number of aromatic nitrogens is 2. The first kappa shape index (κ1) is 24.7. The second-order valence-corrected chi connectivity index (χ2v) is 10.1. The normalized spacial score (nSPS) is 20.4. The molecule has 3 aromatic rings. The van der Waals surface area contributed by atoms with Crippen molar-refractivity contribution >= 4 is 5.97 Å². The lowest BCUT2D eigenvalue weighted by Crippen LogP contribution is -2.32. The molecule has 0 saturated heterocycles. The zero-order valence-corrected chi connectivity index (χ0v) is 20.5. The van der Waals surface area contributed by atoms with Crippen molar-refractivity contribution in [1.82, 2.24) is 14.9 Å². The molecular formula is C28H26F3N3O4. The number of fused-ring (bicyclic) bond motifs is 3. The minimum Gasteiger partial charge on any atom is -0.492 e. The van der Waals surface area contributed by atoms with Gasteiger partial charge in [0.25, 0.3) is 0 Å². The molecule has 1 aliphatic carbocycles. The van der Waals surface area contributed by atoms with Crippen molar-refractivity contribution in [2.24, 2.45) is 0 Å². The molecule has 0 radical (unpaired) electrons. The van der Waals surface area contributed by atoms with Gasteiger partial charge in [0, 0.05) is 61.1 Å². The second-order valence-electron chi connectivity index (χ2n) is 10.1. The van der Waals surface area contributed by atoms with Gasteiger partial charge in [-0.25, -0.2) is 9.97 Å². The maximum Gasteiger partial charge on any atom is 0.416 e. The Morgan fingerprint density at radius 1 is 1.18 bits per heavy atom. The molecule has 198 valence electrons. The topological polar surface area (TPSA) is 84.8 Å². The van der Waals surface area contributed by atoms with Crippen LogP contribution in [-0.2, 0) is 36.9 Å². The van der Waals surface area contributed by atoms with Gasteiger partial charge >= 0.3 is 12.1 Å². The third kappa shape index (κ3) is 4.69. The summed E-state index contributed by atoms with van der Waals surface area (Å²) < 4.78 is 54.2. The number of halogens is 3. The Kier molecular flexibility index (Phi) is 6.22. The Labute approximate surface area is 217 Å². The first-order valence-corrected chi connectivity index (χ1v) is 12.6. The molecule has 0 spiro atoms. The van der Waals surface area contributed by atoms with Crippen LogP contribution < -0.4 is 9.47 Å². The molecule has 1 N–H and O–H groups in total. The van der Waals surface area contributed by atoms with E-state index in [9.17, 15) is 18.0 Å². The van der Waals surface area contributed by atoms with Crippen LogP contribution >= 0.6 is 0 Å². The Morgan fingerprint density at radius 2 is 2.03 bits per heavy atom. The van der Waals surface area contributed by atoms with Crippen LogP contribution in [0, 0.1) is 0 Å². The molecule has 0 bridgehead atoms. The Balaban J connectivity index is 1.25. The number of carboxylic acids is 1. The number of hydrogen-bond acceptors (Lipinski definition) is 6. The molecule has 6 rings (SSSR count). The predicted molar refractivity (Wildman–Crippen MR) is 130 cm³/mol. The van der Waals surface area contributed by atoms with E-state index >= 15 is 0 Å². The van der Waals surface area contributed by atoms with Gasteiger partial charge in [0.2, 0.25) is 0 Å². The van der Waals surface area contributed by atoms with Crippen LogP contribution in [-0.4, -0.2) is 39.1 Å². The number of alkyl halides is 3. The fourth-order valence-electron chi connectivity index (χ4n) is 5.87. The summed E-state index contributed by atoms with van der Waals surface area (Å²) >= 11 is 0. The van der Waals surface area contributed by atoms with Gasteiger partial charge in [0.15, 0.2) is 0 Å². The largest absolute Gasteiger partial charge is 0.492 e. The summed E-state index contributed by atoms with van der Waals surface area (Å²) in [5, 5.41) is 9.12. The highest BCUT2D eigenvalue weighted by atomic mass is 19.4. The minimum absolute atomic E-state index is 0.0108. The molecule has 0 saturated carbocycles. The molecule has 2 aromatic carbocycles. The van der Waals surface area contributed by atoms with E-state index in [0.717, 1.165) is 22.4 Å². The van der Waals surface area contributed by atoms with E-state index < -0.39 is 17.7 Å². The standard InChI is InChI=1S/C28H26F3N3O4/c29-28(30,31)23-5-3-21-20(22(23)13-34-8-7-24-17(12-34)11-32-15-33-24)4-6-25(21)38-18-1-2-19-16(9-27(35)36)14-37-26(19)10-18/h1-3,5,10-11,15-16,25H,4,6-9,12-14H2,(H,35,36)/t16?,25-/m1/s1. The second kappa shape index (κ2) is 9.58. The van der Waals surface area contributed by atoms with Crippen molar-refractivity contribution in [1.29, 1.82) is 0 Å². The molecular weight excluding hydrogens is 499 g/mol. The Hall–Kier alpha value is -3.66. The van der Waals surface area contributed by atoms with Crippen molar-refractivity contribution in [2.75, 3.05) is 13.2 Å². The zero-order valence-electron chi connectivity index (χ0n) is 20.5. The monoisotopic (exact) mass is 525 g/mol. The maximum absolute atomic E-state index is 14.1. The number of aliphatic carboxylic acids is 1. The van der Waals surface area contributed by atoms with Crippen LogP contribution in [0.1, 0.15) is 63.9 Å². The summed E-state index contributed by atoms with van der Waals surface area (Å²) in [7, 11) is 0. The summed E-state index contributed by atoms with van der Waals surface area (Å²) in [6.07, 6.45) is 0.135. The van der Waals surface area contributed by atoms with E-state index in [4.69, 9.17) is 14.6 Å².